The lowest BCUT2D eigenvalue weighted by molar-refractivity contribution is -0.177. The molecule has 0 spiro atoms. The third-order valence-electron chi connectivity index (χ3n) is 3.46. The lowest BCUT2D eigenvalue weighted by Crippen LogP contribution is -2.55. The summed E-state index contributed by atoms with van der Waals surface area (Å²) in [4.78, 5) is 47.2. The van der Waals surface area contributed by atoms with Gasteiger partial charge in [-0.2, -0.15) is 0 Å². The van der Waals surface area contributed by atoms with Gasteiger partial charge in [-0.3, -0.25) is 14.4 Å². The van der Waals surface area contributed by atoms with Gasteiger partial charge in [0.2, 0.25) is 6.10 Å². The number of carboxylic acid groups (broad SMARTS) is 1. The van der Waals surface area contributed by atoms with Gasteiger partial charge in [-0.05, 0) is 18.2 Å². The molecular formula is C15H15FN2O7. The summed E-state index contributed by atoms with van der Waals surface area (Å²) in [6.07, 6.45) is -3.40. The van der Waals surface area contributed by atoms with Gasteiger partial charge in [-0.1, -0.05) is 0 Å². The summed E-state index contributed by atoms with van der Waals surface area (Å²) in [5.41, 5.74) is 4.80. The topological polar surface area (TPSA) is 136 Å². The van der Waals surface area contributed by atoms with Crippen LogP contribution in [0, 0.1) is 5.82 Å². The molecule has 1 aromatic carbocycles. The Balaban J connectivity index is 2.33. The summed E-state index contributed by atoms with van der Waals surface area (Å²) in [5.74, 6) is -5.11. The van der Waals surface area contributed by atoms with E-state index >= 15 is 0 Å². The van der Waals surface area contributed by atoms with Crippen molar-refractivity contribution in [1.29, 1.82) is 0 Å². The van der Waals surface area contributed by atoms with E-state index in [9.17, 15) is 23.6 Å². The number of morpholine rings is 1. The van der Waals surface area contributed by atoms with Crippen molar-refractivity contribution in [1.82, 2.24) is 0 Å². The molecule has 1 saturated heterocycles. The summed E-state index contributed by atoms with van der Waals surface area (Å²) in [5, 5.41) is 9.16. The molecule has 9 nitrogen and oxygen atoms in total. The number of primary amides is 1. The molecule has 1 aliphatic rings. The number of halogens is 1. The first kappa shape index (κ1) is 18.3. The standard InChI is InChI=1S/C15H15FN2O7/c1-7(19)25-12(15(22)23)11-14(21)18(4-5-24-11)8-2-3-10(16)9(6-8)13(17)20/h2-3,6,11-12H,4-5H2,1H3,(H2,17,20)(H,22,23)/t11-,12-/m1/s1. The Hall–Kier alpha value is -3.01. The van der Waals surface area contributed by atoms with Crippen molar-refractivity contribution in [2.24, 2.45) is 5.73 Å². The molecule has 1 fully saturated rings. The van der Waals surface area contributed by atoms with Crippen LogP contribution in [0.5, 0.6) is 0 Å². The number of ether oxygens (including phenoxy) is 2. The Bertz CT molecular complexity index is 737. The van der Waals surface area contributed by atoms with Crippen LogP contribution in [0.15, 0.2) is 18.2 Å². The van der Waals surface area contributed by atoms with Gasteiger partial charge in [0.15, 0.2) is 6.10 Å². The summed E-state index contributed by atoms with van der Waals surface area (Å²) in [7, 11) is 0. The highest BCUT2D eigenvalue weighted by atomic mass is 19.1. The second-order valence-corrected chi connectivity index (χ2v) is 5.18. The van der Waals surface area contributed by atoms with Crippen molar-refractivity contribution in [3.05, 3.63) is 29.6 Å². The van der Waals surface area contributed by atoms with Crippen LogP contribution in [0.3, 0.4) is 0 Å². The predicted octanol–water partition coefficient (Wildman–Crippen LogP) is -0.327. The second kappa shape index (κ2) is 7.26. The minimum Gasteiger partial charge on any atom is -0.478 e. The average Bonchev–Trinajstić information content (AvgIpc) is 2.53. The highest BCUT2D eigenvalue weighted by Gasteiger charge is 2.42. The molecule has 2 amide bonds. The molecule has 2 atom stereocenters. The first-order valence-corrected chi connectivity index (χ1v) is 7.14. The van der Waals surface area contributed by atoms with Crippen LogP contribution in [0.25, 0.3) is 0 Å². The number of nitrogens with two attached hydrogens (primary N) is 1. The molecule has 0 saturated carbocycles. The zero-order valence-corrected chi connectivity index (χ0v) is 13.1. The van der Waals surface area contributed by atoms with Crippen molar-refractivity contribution < 1.29 is 38.1 Å². The highest BCUT2D eigenvalue weighted by molar-refractivity contribution is 6.02. The van der Waals surface area contributed by atoms with Crippen LogP contribution in [-0.2, 0) is 23.9 Å². The molecule has 1 heterocycles. The number of amides is 2. The number of carbonyl (C=O) groups is 4. The van der Waals surface area contributed by atoms with Crippen LogP contribution < -0.4 is 10.6 Å². The number of anilines is 1. The summed E-state index contributed by atoms with van der Waals surface area (Å²) < 4.78 is 23.4. The Morgan fingerprint density at radius 1 is 1.44 bits per heavy atom. The number of benzene rings is 1. The van der Waals surface area contributed by atoms with E-state index in [-0.39, 0.29) is 18.8 Å². The number of rotatable bonds is 5. The molecule has 134 valence electrons. The molecule has 0 aliphatic carbocycles. The number of nitrogens with zero attached hydrogens (tertiary/aromatic N) is 1. The first-order chi connectivity index (χ1) is 11.7. The molecule has 1 aliphatic heterocycles. The van der Waals surface area contributed by atoms with Crippen LogP contribution >= 0.6 is 0 Å². The summed E-state index contributed by atoms with van der Waals surface area (Å²) in [6.45, 7) is 0.983. The Kier molecular flexibility index (Phi) is 5.32. The van der Waals surface area contributed by atoms with Gasteiger partial charge < -0.3 is 25.2 Å². The highest BCUT2D eigenvalue weighted by Crippen LogP contribution is 2.24. The van der Waals surface area contributed by atoms with Crippen LogP contribution in [0.4, 0.5) is 10.1 Å². The Morgan fingerprint density at radius 2 is 2.12 bits per heavy atom. The van der Waals surface area contributed by atoms with Crippen molar-refractivity contribution in [3.8, 4) is 0 Å². The van der Waals surface area contributed by atoms with E-state index in [4.69, 9.17) is 15.6 Å². The molecule has 0 aromatic heterocycles. The molecule has 10 heteroatoms. The van der Waals surface area contributed by atoms with Gasteiger partial charge in [0.1, 0.15) is 5.82 Å². The molecule has 0 radical (unpaired) electrons. The third kappa shape index (κ3) is 3.91. The van der Waals surface area contributed by atoms with Gasteiger partial charge in [-0.15, -0.1) is 0 Å². The van der Waals surface area contributed by atoms with Crippen molar-refractivity contribution in [3.63, 3.8) is 0 Å². The zero-order chi connectivity index (χ0) is 18.7. The van der Waals surface area contributed by atoms with E-state index in [1.165, 1.54) is 6.07 Å². The van der Waals surface area contributed by atoms with Gasteiger partial charge in [0, 0.05) is 19.2 Å². The second-order valence-electron chi connectivity index (χ2n) is 5.18. The van der Waals surface area contributed by atoms with Crippen LogP contribution in [-0.4, -0.2) is 54.2 Å². The van der Waals surface area contributed by atoms with E-state index in [2.05, 4.69) is 4.74 Å². The molecule has 3 N–H and O–H groups in total. The zero-order valence-electron chi connectivity index (χ0n) is 13.1. The number of hydrogen-bond donors (Lipinski definition) is 2. The maximum absolute atomic E-state index is 13.6. The largest absolute Gasteiger partial charge is 0.478 e. The van der Waals surface area contributed by atoms with Gasteiger partial charge in [0.25, 0.3) is 11.8 Å². The van der Waals surface area contributed by atoms with E-state index < -0.39 is 47.3 Å². The van der Waals surface area contributed by atoms with Crippen molar-refractivity contribution in [2.45, 2.75) is 19.1 Å². The smallest absolute Gasteiger partial charge is 0.348 e. The minimum atomic E-state index is -1.83. The fourth-order valence-electron chi connectivity index (χ4n) is 2.37. The number of carbonyl (C=O) groups excluding carboxylic acids is 3. The normalized spacial score (nSPS) is 18.6. The fourth-order valence-corrected chi connectivity index (χ4v) is 2.37. The van der Waals surface area contributed by atoms with Crippen LogP contribution in [0.2, 0.25) is 0 Å². The molecule has 25 heavy (non-hydrogen) atoms. The molecule has 2 rings (SSSR count). The molecular weight excluding hydrogens is 339 g/mol. The van der Waals surface area contributed by atoms with Crippen LogP contribution in [0.1, 0.15) is 17.3 Å². The lowest BCUT2D eigenvalue weighted by Gasteiger charge is -2.34. The summed E-state index contributed by atoms with van der Waals surface area (Å²) >= 11 is 0. The molecule has 1 aromatic rings. The lowest BCUT2D eigenvalue weighted by atomic mass is 10.1. The minimum absolute atomic E-state index is 0.0333. The predicted molar refractivity (Wildman–Crippen MR) is 80.2 cm³/mol. The number of hydrogen-bond acceptors (Lipinski definition) is 6. The Labute approximate surface area is 141 Å². The summed E-state index contributed by atoms with van der Waals surface area (Å²) in [6, 6.07) is 3.29. The maximum atomic E-state index is 13.6. The van der Waals surface area contributed by atoms with E-state index in [0.29, 0.717) is 0 Å². The van der Waals surface area contributed by atoms with Gasteiger partial charge in [-0.25, -0.2) is 9.18 Å². The molecule has 0 bridgehead atoms. The van der Waals surface area contributed by atoms with Crippen molar-refractivity contribution >= 4 is 29.4 Å². The van der Waals surface area contributed by atoms with E-state index in [1.807, 2.05) is 0 Å². The van der Waals surface area contributed by atoms with Gasteiger partial charge >= 0.3 is 11.9 Å². The number of carboxylic acids is 1. The average molecular weight is 354 g/mol. The van der Waals surface area contributed by atoms with E-state index in [0.717, 1.165) is 24.0 Å². The monoisotopic (exact) mass is 354 g/mol. The first-order valence-electron chi connectivity index (χ1n) is 7.14. The maximum Gasteiger partial charge on any atom is 0.348 e. The van der Waals surface area contributed by atoms with Crippen molar-refractivity contribution in [2.75, 3.05) is 18.1 Å². The molecule has 0 unspecified atom stereocenters. The SMILES string of the molecule is CC(=O)O[C@@H](C(=O)O)[C@H]1OCCN(c2ccc(F)c(C(N)=O)c2)C1=O. The Morgan fingerprint density at radius 3 is 2.68 bits per heavy atom. The quantitative estimate of drug-likeness (QED) is 0.691. The number of aliphatic carboxylic acids is 1. The van der Waals surface area contributed by atoms with Gasteiger partial charge in [0.05, 0.1) is 12.2 Å². The fraction of sp³-hybridized carbons (Fsp3) is 0.333. The van der Waals surface area contributed by atoms with E-state index in [1.54, 1.807) is 0 Å². The third-order valence-corrected chi connectivity index (χ3v) is 3.46. The number of esters is 1.